The van der Waals surface area contributed by atoms with Gasteiger partial charge in [0.2, 0.25) is 0 Å². The summed E-state index contributed by atoms with van der Waals surface area (Å²) in [4.78, 5) is 0. The number of hydrogen-bond donors (Lipinski definition) is 5. The minimum Gasteiger partial charge on any atom is -0.422 e. The Morgan fingerprint density at radius 3 is 2.06 bits per heavy atom. The molecule has 0 bridgehead atoms. The second kappa shape index (κ2) is 5.95. The number of benzene rings is 1. The van der Waals surface area contributed by atoms with Gasteiger partial charge in [-0.25, -0.2) is 20.7 Å². The summed E-state index contributed by atoms with van der Waals surface area (Å²) in [7, 11) is -6.71. The van der Waals surface area contributed by atoms with Gasteiger partial charge in [0.25, 0.3) is 7.59 Å². The fourth-order valence-corrected chi connectivity index (χ4v) is 2.17. The standard InChI is InChI=1S/C8H17N5O3P2/c9-17(10,14)13-6-5-7-1-3-8(4-2-7)16-18(11,12)15/h1-4H,5-6H2,(H4,11,12,15)(H5,9,10,13,14). The van der Waals surface area contributed by atoms with Crippen molar-refractivity contribution in [1.82, 2.24) is 5.09 Å². The summed E-state index contributed by atoms with van der Waals surface area (Å²) >= 11 is 0. The lowest BCUT2D eigenvalue weighted by Gasteiger charge is -2.10. The van der Waals surface area contributed by atoms with Crippen molar-refractivity contribution in [3.8, 4) is 5.75 Å². The molecule has 0 unspecified atom stereocenters. The Morgan fingerprint density at radius 2 is 1.61 bits per heavy atom. The quantitative estimate of drug-likeness (QED) is 0.466. The summed E-state index contributed by atoms with van der Waals surface area (Å²) in [6.07, 6.45) is 0.585. The van der Waals surface area contributed by atoms with Crippen LogP contribution in [0.15, 0.2) is 24.3 Å². The van der Waals surface area contributed by atoms with Gasteiger partial charge in [-0.2, -0.15) is 0 Å². The monoisotopic (exact) mass is 293 g/mol. The third-order valence-electron chi connectivity index (χ3n) is 1.94. The molecule has 102 valence electrons. The van der Waals surface area contributed by atoms with Gasteiger partial charge in [0.15, 0.2) is 0 Å². The van der Waals surface area contributed by atoms with E-state index in [0.717, 1.165) is 5.56 Å². The van der Waals surface area contributed by atoms with Gasteiger partial charge in [-0.15, -0.1) is 0 Å². The molecule has 0 spiro atoms. The third-order valence-corrected chi connectivity index (χ3v) is 3.16. The van der Waals surface area contributed by atoms with Crippen molar-refractivity contribution in [3.63, 3.8) is 0 Å². The Bertz CT molecular complexity index is 480. The first-order valence-corrected chi connectivity index (χ1v) is 8.64. The molecule has 8 nitrogen and oxygen atoms in total. The molecule has 18 heavy (non-hydrogen) atoms. The molecule has 0 radical (unpaired) electrons. The van der Waals surface area contributed by atoms with Crippen LogP contribution in [0.1, 0.15) is 5.56 Å². The number of rotatable bonds is 6. The Balaban J connectivity index is 2.51. The molecule has 0 aliphatic rings. The number of nitrogens with one attached hydrogen (secondary N) is 1. The minimum absolute atomic E-state index is 0.323. The van der Waals surface area contributed by atoms with Gasteiger partial charge in [-0.05, 0) is 24.1 Å². The summed E-state index contributed by atoms with van der Waals surface area (Å²) in [5.74, 6) is 0.323. The molecule has 0 heterocycles. The van der Waals surface area contributed by atoms with Gasteiger partial charge < -0.3 is 4.52 Å². The highest BCUT2D eigenvalue weighted by Gasteiger charge is 2.10. The first-order chi connectivity index (χ1) is 8.16. The summed E-state index contributed by atoms with van der Waals surface area (Å²) < 4.78 is 26.8. The molecule has 0 fully saturated rings. The zero-order valence-electron chi connectivity index (χ0n) is 9.65. The topological polar surface area (TPSA) is 159 Å². The van der Waals surface area contributed by atoms with E-state index in [9.17, 15) is 9.13 Å². The summed E-state index contributed by atoms with van der Waals surface area (Å²) in [6.45, 7) is 0.386. The fourth-order valence-electron chi connectivity index (χ4n) is 1.26. The highest BCUT2D eigenvalue weighted by atomic mass is 31.2. The molecule has 10 heteroatoms. The fraction of sp³-hybridized carbons (Fsp3) is 0.250. The molecule has 0 atom stereocenters. The van der Waals surface area contributed by atoms with E-state index in [0.29, 0.717) is 18.7 Å². The molecule has 1 rings (SSSR count). The van der Waals surface area contributed by atoms with Crippen LogP contribution >= 0.6 is 15.3 Å². The van der Waals surface area contributed by atoms with Crippen molar-refractivity contribution in [2.45, 2.75) is 6.42 Å². The first kappa shape index (κ1) is 15.3. The molecule has 1 aromatic carbocycles. The van der Waals surface area contributed by atoms with Crippen molar-refractivity contribution in [2.75, 3.05) is 6.54 Å². The van der Waals surface area contributed by atoms with E-state index >= 15 is 0 Å². The molecule has 0 saturated heterocycles. The average Bonchev–Trinajstić information content (AvgIpc) is 2.16. The lowest BCUT2D eigenvalue weighted by Crippen LogP contribution is -2.24. The van der Waals surface area contributed by atoms with Crippen LogP contribution in [-0.4, -0.2) is 6.54 Å². The highest BCUT2D eigenvalue weighted by molar-refractivity contribution is 7.56. The third kappa shape index (κ3) is 6.88. The number of hydrogen-bond acceptors (Lipinski definition) is 3. The maximum atomic E-state index is 11.0. The van der Waals surface area contributed by atoms with Gasteiger partial charge in [0, 0.05) is 6.54 Å². The predicted octanol–water partition coefficient (Wildman–Crippen LogP) is 0.249. The van der Waals surface area contributed by atoms with E-state index in [1.54, 1.807) is 24.3 Å². The maximum absolute atomic E-state index is 11.0. The molecule has 0 amide bonds. The van der Waals surface area contributed by atoms with Crippen LogP contribution < -0.4 is 31.6 Å². The van der Waals surface area contributed by atoms with Gasteiger partial charge in [-0.3, -0.25) is 15.6 Å². The largest absolute Gasteiger partial charge is 0.422 e. The SMILES string of the molecule is NP(N)(=O)NCCc1ccc(OP(N)(N)=O)cc1. The van der Waals surface area contributed by atoms with E-state index < -0.39 is 15.3 Å². The van der Waals surface area contributed by atoms with Crippen LogP contribution in [0, 0.1) is 0 Å². The Kier molecular flexibility index (Phi) is 5.07. The summed E-state index contributed by atoms with van der Waals surface area (Å²) in [5, 5.41) is 2.52. The zero-order chi connectivity index (χ0) is 13.8. The molecule has 0 saturated carbocycles. The first-order valence-electron chi connectivity index (χ1n) is 5.04. The van der Waals surface area contributed by atoms with Crippen molar-refractivity contribution in [1.29, 1.82) is 0 Å². The van der Waals surface area contributed by atoms with Crippen LogP contribution in [0.25, 0.3) is 0 Å². The van der Waals surface area contributed by atoms with Gasteiger partial charge in [0.1, 0.15) is 5.75 Å². The summed E-state index contributed by atoms with van der Waals surface area (Å²) in [6, 6.07) is 6.66. The van der Waals surface area contributed by atoms with E-state index in [-0.39, 0.29) is 0 Å². The Morgan fingerprint density at radius 1 is 1.06 bits per heavy atom. The van der Waals surface area contributed by atoms with Crippen molar-refractivity contribution in [2.24, 2.45) is 22.0 Å². The molecule has 0 aromatic heterocycles. The van der Waals surface area contributed by atoms with E-state index in [1.807, 2.05) is 0 Å². The molecule has 0 aliphatic carbocycles. The van der Waals surface area contributed by atoms with Gasteiger partial charge >= 0.3 is 7.67 Å². The van der Waals surface area contributed by atoms with E-state index in [2.05, 4.69) is 5.09 Å². The van der Waals surface area contributed by atoms with Crippen molar-refractivity contribution >= 4 is 15.3 Å². The molecule has 9 N–H and O–H groups in total. The molecular weight excluding hydrogens is 276 g/mol. The summed E-state index contributed by atoms with van der Waals surface area (Å²) in [5.41, 5.74) is 21.4. The van der Waals surface area contributed by atoms with Crippen LogP contribution in [-0.2, 0) is 15.6 Å². The molecule has 1 aromatic rings. The van der Waals surface area contributed by atoms with E-state index in [1.165, 1.54) is 0 Å². The zero-order valence-corrected chi connectivity index (χ0v) is 11.4. The second-order valence-electron chi connectivity index (χ2n) is 3.75. The minimum atomic E-state index is -3.53. The normalized spacial score (nSPS) is 12.4. The Hall–Kier alpha value is -0.720. The smallest absolute Gasteiger partial charge is 0.385 e. The Labute approximate surface area is 105 Å². The van der Waals surface area contributed by atoms with Gasteiger partial charge in [-0.1, -0.05) is 12.1 Å². The van der Waals surface area contributed by atoms with Crippen molar-refractivity contribution < 1.29 is 13.7 Å². The van der Waals surface area contributed by atoms with Crippen LogP contribution in [0.4, 0.5) is 0 Å². The highest BCUT2D eigenvalue weighted by Crippen LogP contribution is 2.30. The predicted molar refractivity (Wildman–Crippen MR) is 70.7 cm³/mol. The van der Waals surface area contributed by atoms with Crippen LogP contribution in [0.3, 0.4) is 0 Å². The lowest BCUT2D eigenvalue weighted by atomic mass is 10.1. The van der Waals surface area contributed by atoms with Crippen molar-refractivity contribution in [3.05, 3.63) is 29.8 Å². The molecule has 0 aliphatic heterocycles. The lowest BCUT2D eigenvalue weighted by molar-refractivity contribution is 0.484. The average molecular weight is 293 g/mol. The van der Waals surface area contributed by atoms with Crippen LogP contribution in [0.5, 0.6) is 5.75 Å². The maximum Gasteiger partial charge on any atom is 0.385 e. The number of nitrogens with two attached hydrogens (primary N) is 4. The molecular formula is C8H17N5O3P2. The van der Waals surface area contributed by atoms with Crippen LogP contribution in [0.2, 0.25) is 0 Å². The second-order valence-corrected chi connectivity index (χ2v) is 6.96. The van der Waals surface area contributed by atoms with E-state index in [4.69, 9.17) is 26.5 Å². The van der Waals surface area contributed by atoms with Gasteiger partial charge in [0.05, 0.1) is 0 Å².